The number of hydrogen-bond acceptors (Lipinski definition) is 4. The van der Waals surface area contributed by atoms with Crippen molar-refractivity contribution in [2.75, 3.05) is 5.32 Å². The maximum atomic E-state index is 13.8. The van der Waals surface area contributed by atoms with E-state index in [-0.39, 0.29) is 5.56 Å². The van der Waals surface area contributed by atoms with Gasteiger partial charge in [-0.05, 0) is 55.8 Å². The SMILES string of the molecule is CC(C)(O)c1ccc(Cl)c(Nc2nc3ccc(F)cc3c3c(=O)[nH]ccc23)c1. The Morgan fingerprint density at radius 2 is 1.93 bits per heavy atom. The first-order chi connectivity index (χ1) is 13.2. The van der Waals surface area contributed by atoms with E-state index in [0.717, 1.165) is 0 Å². The van der Waals surface area contributed by atoms with Gasteiger partial charge < -0.3 is 15.4 Å². The highest BCUT2D eigenvalue weighted by atomic mass is 35.5. The second kappa shape index (κ2) is 6.58. The second-order valence-corrected chi connectivity index (χ2v) is 7.50. The van der Waals surface area contributed by atoms with E-state index in [2.05, 4.69) is 15.3 Å². The lowest BCUT2D eigenvalue weighted by Crippen LogP contribution is -2.15. The summed E-state index contributed by atoms with van der Waals surface area (Å²) in [6.07, 6.45) is 1.51. The molecule has 2 heterocycles. The molecule has 4 aromatic rings. The van der Waals surface area contributed by atoms with Gasteiger partial charge in [0.15, 0.2) is 0 Å². The minimum absolute atomic E-state index is 0.337. The first kappa shape index (κ1) is 18.4. The maximum Gasteiger partial charge on any atom is 0.256 e. The van der Waals surface area contributed by atoms with Gasteiger partial charge in [-0.2, -0.15) is 0 Å². The van der Waals surface area contributed by atoms with Crippen LogP contribution in [0, 0.1) is 5.82 Å². The Kier molecular flexibility index (Phi) is 4.33. The Balaban J connectivity index is 1.96. The van der Waals surface area contributed by atoms with E-state index in [1.165, 1.54) is 24.4 Å². The number of aromatic amines is 1. The zero-order valence-electron chi connectivity index (χ0n) is 15.2. The molecule has 0 saturated heterocycles. The highest BCUT2D eigenvalue weighted by Crippen LogP contribution is 2.34. The number of halogens is 2. The summed E-state index contributed by atoms with van der Waals surface area (Å²) in [5, 5.41) is 15.2. The van der Waals surface area contributed by atoms with Crippen molar-refractivity contribution in [2.24, 2.45) is 0 Å². The molecule has 0 amide bonds. The van der Waals surface area contributed by atoms with Gasteiger partial charge in [0.05, 0.1) is 27.2 Å². The molecule has 0 aliphatic carbocycles. The third-order valence-electron chi connectivity index (χ3n) is 4.60. The number of pyridine rings is 2. The maximum absolute atomic E-state index is 13.8. The molecular weight excluding hydrogens is 381 g/mol. The predicted molar refractivity (Wildman–Crippen MR) is 110 cm³/mol. The summed E-state index contributed by atoms with van der Waals surface area (Å²) >= 11 is 6.33. The number of nitrogens with zero attached hydrogens (tertiary/aromatic N) is 1. The highest BCUT2D eigenvalue weighted by Gasteiger charge is 2.18. The normalized spacial score (nSPS) is 11.9. The topological polar surface area (TPSA) is 78.0 Å². The number of H-pyrrole nitrogens is 1. The molecule has 142 valence electrons. The molecule has 4 rings (SSSR count). The third kappa shape index (κ3) is 3.21. The number of aromatic nitrogens is 2. The van der Waals surface area contributed by atoms with Gasteiger partial charge in [-0.15, -0.1) is 0 Å². The van der Waals surface area contributed by atoms with E-state index in [1.807, 2.05) is 0 Å². The average molecular weight is 398 g/mol. The van der Waals surface area contributed by atoms with Gasteiger partial charge in [-0.3, -0.25) is 4.79 Å². The van der Waals surface area contributed by atoms with Crippen molar-refractivity contribution in [3.05, 3.63) is 75.4 Å². The molecule has 5 nitrogen and oxygen atoms in total. The van der Waals surface area contributed by atoms with E-state index in [9.17, 15) is 14.3 Å². The van der Waals surface area contributed by atoms with Crippen LogP contribution in [0.25, 0.3) is 21.7 Å². The Bertz CT molecular complexity index is 1280. The third-order valence-corrected chi connectivity index (χ3v) is 4.93. The summed E-state index contributed by atoms with van der Waals surface area (Å²) in [6.45, 7) is 3.36. The predicted octanol–water partition coefficient (Wildman–Crippen LogP) is 4.84. The monoisotopic (exact) mass is 397 g/mol. The molecule has 0 fully saturated rings. The van der Waals surface area contributed by atoms with Crippen molar-refractivity contribution in [2.45, 2.75) is 19.4 Å². The Labute approximate surface area is 164 Å². The van der Waals surface area contributed by atoms with E-state index < -0.39 is 11.4 Å². The van der Waals surface area contributed by atoms with Crippen molar-refractivity contribution >= 4 is 44.8 Å². The molecule has 2 aromatic heterocycles. The van der Waals surface area contributed by atoms with Gasteiger partial charge in [-0.1, -0.05) is 17.7 Å². The van der Waals surface area contributed by atoms with Gasteiger partial charge in [0, 0.05) is 17.0 Å². The fraction of sp³-hybridized carbons (Fsp3) is 0.143. The van der Waals surface area contributed by atoms with Crippen molar-refractivity contribution < 1.29 is 9.50 Å². The summed E-state index contributed by atoms with van der Waals surface area (Å²) in [5.41, 5.74) is 0.299. The highest BCUT2D eigenvalue weighted by molar-refractivity contribution is 6.33. The molecule has 0 aliphatic rings. The standard InChI is InChI=1S/C21H17ClFN3O2/c1-21(2,28)11-3-5-15(22)17(9-11)26-19-13-7-8-24-20(27)18(13)14-10-12(23)4-6-16(14)25-19/h3-10,28H,1-2H3,(H,24,27)(H,25,26). The van der Waals surface area contributed by atoms with Crippen LogP contribution in [-0.2, 0) is 5.60 Å². The molecule has 0 unspecified atom stereocenters. The molecule has 0 radical (unpaired) electrons. The summed E-state index contributed by atoms with van der Waals surface area (Å²) in [7, 11) is 0. The van der Waals surface area contributed by atoms with E-state index in [0.29, 0.717) is 43.8 Å². The zero-order chi connectivity index (χ0) is 20.1. The average Bonchev–Trinajstić information content (AvgIpc) is 2.63. The summed E-state index contributed by atoms with van der Waals surface area (Å²) < 4.78 is 13.8. The van der Waals surface area contributed by atoms with Crippen LogP contribution < -0.4 is 10.9 Å². The quantitative estimate of drug-likeness (QED) is 0.432. The first-order valence-corrected chi connectivity index (χ1v) is 9.02. The number of fused-ring (bicyclic) bond motifs is 3. The Hall–Kier alpha value is -2.96. The van der Waals surface area contributed by atoms with E-state index in [4.69, 9.17) is 11.6 Å². The molecule has 0 bridgehead atoms. The fourth-order valence-electron chi connectivity index (χ4n) is 3.15. The molecule has 28 heavy (non-hydrogen) atoms. The molecule has 7 heteroatoms. The number of rotatable bonds is 3. The van der Waals surface area contributed by atoms with Crippen molar-refractivity contribution in [3.8, 4) is 0 Å². The molecule has 0 saturated carbocycles. The van der Waals surface area contributed by atoms with Crippen molar-refractivity contribution in [3.63, 3.8) is 0 Å². The summed E-state index contributed by atoms with van der Waals surface area (Å²) in [4.78, 5) is 19.7. The largest absolute Gasteiger partial charge is 0.386 e. The van der Waals surface area contributed by atoms with E-state index in [1.54, 1.807) is 38.1 Å². The van der Waals surface area contributed by atoms with Crippen LogP contribution in [-0.4, -0.2) is 15.1 Å². The summed E-state index contributed by atoms with van der Waals surface area (Å²) in [6, 6.07) is 11.0. The minimum atomic E-state index is -1.05. The van der Waals surface area contributed by atoms with Crippen LogP contribution in [0.4, 0.5) is 15.9 Å². The zero-order valence-corrected chi connectivity index (χ0v) is 15.9. The lowest BCUT2D eigenvalue weighted by Gasteiger charge is -2.20. The molecular formula is C21H17ClFN3O2. The molecule has 2 aromatic carbocycles. The number of benzene rings is 2. The fourth-order valence-corrected chi connectivity index (χ4v) is 3.32. The van der Waals surface area contributed by atoms with Crippen LogP contribution in [0.5, 0.6) is 0 Å². The summed E-state index contributed by atoms with van der Waals surface area (Å²) in [5.74, 6) is -0.0320. The second-order valence-electron chi connectivity index (χ2n) is 7.10. The van der Waals surface area contributed by atoms with Crippen LogP contribution >= 0.6 is 11.6 Å². The van der Waals surface area contributed by atoms with Crippen LogP contribution in [0.3, 0.4) is 0 Å². The first-order valence-electron chi connectivity index (χ1n) is 8.64. The number of nitrogens with one attached hydrogen (secondary N) is 2. The van der Waals surface area contributed by atoms with Gasteiger partial charge >= 0.3 is 0 Å². The van der Waals surface area contributed by atoms with Gasteiger partial charge in [-0.25, -0.2) is 9.37 Å². The number of anilines is 2. The van der Waals surface area contributed by atoms with Gasteiger partial charge in [0.1, 0.15) is 11.6 Å². The minimum Gasteiger partial charge on any atom is -0.386 e. The van der Waals surface area contributed by atoms with E-state index >= 15 is 0 Å². The molecule has 0 spiro atoms. The molecule has 0 atom stereocenters. The lowest BCUT2D eigenvalue weighted by atomic mass is 9.98. The van der Waals surface area contributed by atoms with Gasteiger partial charge in [0.25, 0.3) is 5.56 Å². The molecule has 3 N–H and O–H groups in total. The Morgan fingerprint density at radius 1 is 1.14 bits per heavy atom. The number of aliphatic hydroxyl groups is 1. The van der Waals surface area contributed by atoms with Gasteiger partial charge in [0.2, 0.25) is 0 Å². The van der Waals surface area contributed by atoms with Crippen molar-refractivity contribution in [1.82, 2.24) is 9.97 Å². The van der Waals surface area contributed by atoms with Crippen LogP contribution in [0.15, 0.2) is 53.5 Å². The molecule has 0 aliphatic heterocycles. The smallest absolute Gasteiger partial charge is 0.256 e. The van der Waals surface area contributed by atoms with Crippen LogP contribution in [0.1, 0.15) is 19.4 Å². The van der Waals surface area contributed by atoms with Crippen LogP contribution in [0.2, 0.25) is 5.02 Å². The number of hydrogen-bond donors (Lipinski definition) is 3. The Morgan fingerprint density at radius 3 is 2.68 bits per heavy atom. The van der Waals surface area contributed by atoms with Crippen molar-refractivity contribution in [1.29, 1.82) is 0 Å². The lowest BCUT2D eigenvalue weighted by molar-refractivity contribution is 0.0786.